The van der Waals surface area contributed by atoms with Crippen LogP contribution in [0.4, 0.5) is 10.8 Å². The number of sulfonamides is 1. The van der Waals surface area contributed by atoms with E-state index < -0.39 is 10.0 Å². The minimum absolute atomic E-state index is 0.160. The maximum atomic E-state index is 12.8. The molecule has 2 heterocycles. The largest absolute Gasteiger partial charge is 0.298 e. The van der Waals surface area contributed by atoms with Gasteiger partial charge in [-0.05, 0) is 62.6 Å². The van der Waals surface area contributed by atoms with Gasteiger partial charge in [-0.3, -0.25) is 14.4 Å². The average molecular weight is 442 g/mol. The quantitative estimate of drug-likeness (QED) is 0.651. The fourth-order valence-corrected chi connectivity index (χ4v) is 5.85. The molecular weight excluding hydrogens is 418 g/mol. The Kier molecular flexibility index (Phi) is 5.15. The number of aryl methyl sites for hydroxylation is 2. The molecule has 0 fully saturated rings. The summed E-state index contributed by atoms with van der Waals surface area (Å²) in [6.45, 7) is 5.94. The third-order valence-corrected chi connectivity index (χ3v) is 7.27. The number of fused-ring (bicyclic) bond motifs is 1. The summed E-state index contributed by atoms with van der Waals surface area (Å²) in [6, 6.07) is 11.2. The Morgan fingerprint density at radius 2 is 1.97 bits per heavy atom. The van der Waals surface area contributed by atoms with E-state index in [4.69, 9.17) is 0 Å². The van der Waals surface area contributed by atoms with Gasteiger partial charge in [0.15, 0.2) is 5.13 Å². The predicted molar refractivity (Wildman–Crippen MR) is 122 cm³/mol. The van der Waals surface area contributed by atoms with Crippen molar-refractivity contribution < 1.29 is 13.2 Å². The second kappa shape index (κ2) is 7.52. The Balaban J connectivity index is 1.55. The van der Waals surface area contributed by atoms with Gasteiger partial charge in [0.05, 0.1) is 17.6 Å². The number of hydrogen-bond acceptors (Lipinski definition) is 5. The number of hydrogen-bond donors (Lipinski definition) is 1. The molecule has 0 radical (unpaired) electrons. The number of nitrogens with one attached hydrogen (secondary N) is 1. The van der Waals surface area contributed by atoms with E-state index >= 15 is 0 Å². The second-order valence-corrected chi connectivity index (χ2v) is 10.5. The van der Waals surface area contributed by atoms with Gasteiger partial charge >= 0.3 is 0 Å². The van der Waals surface area contributed by atoms with Crippen molar-refractivity contribution in [2.45, 2.75) is 33.2 Å². The van der Waals surface area contributed by atoms with Crippen LogP contribution in [0.25, 0.3) is 11.3 Å². The molecule has 1 N–H and O–H groups in total. The fourth-order valence-electron chi connectivity index (χ4n) is 3.89. The molecule has 3 aromatic rings. The molecule has 8 heteroatoms. The lowest BCUT2D eigenvalue weighted by molar-refractivity contribution is 0.102. The first kappa shape index (κ1) is 20.6. The van der Waals surface area contributed by atoms with E-state index in [1.807, 2.05) is 26.2 Å². The first-order valence-corrected chi connectivity index (χ1v) is 12.3. The smallest absolute Gasteiger partial charge is 0.257 e. The van der Waals surface area contributed by atoms with Crippen LogP contribution in [-0.2, 0) is 16.4 Å². The van der Waals surface area contributed by atoms with E-state index in [9.17, 15) is 13.2 Å². The van der Waals surface area contributed by atoms with E-state index in [2.05, 4.69) is 28.5 Å². The first-order valence-electron chi connectivity index (χ1n) is 9.60. The lowest BCUT2D eigenvalue weighted by atomic mass is 10.0. The molecule has 1 amide bonds. The number of aromatic nitrogens is 1. The van der Waals surface area contributed by atoms with Crippen LogP contribution in [0.5, 0.6) is 0 Å². The zero-order chi connectivity index (χ0) is 21.6. The van der Waals surface area contributed by atoms with Gasteiger partial charge in [0, 0.05) is 22.5 Å². The van der Waals surface area contributed by atoms with Gasteiger partial charge in [-0.15, -0.1) is 11.3 Å². The number of thiazole rings is 1. The van der Waals surface area contributed by atoms with Crippen molar-refractivity contribution in [3.05, 3.63) is 64.0 Å². The summed E-state index contributed by atoms with van der Waals surface area (Å²) >= 11 is 1.38. The number of amides is 1. The highest BCUT2D eigenvalue weighted by Crippen LogP contribution is 2.35. The highest BCUT2D eigenvalue weighted by atomic mass is 32.2. The van der Waals surface area contributed by atoms with Crippen LogP contribution in [0, 0.1) is 13.8 Å². The Hall–Kier alpha value is -2.71. The monoisotopic (exact) mass is 441 g/mol. The van der Waals surface area contributed by atoms with Crippen LogP contribution < -0.4 is 9.62 Å². The number of carbonyl (C=O) groups excluding carboxylic acids is 1. The Bertz CT molecular complexity index is 1250. The van der Waals surface area contributed by atoms with Gasteiger partial charge in [-0.1, -0.05) is 17.7 Å². The van der Waals surface area contributed by atoms with Crippen LogP contribution in [0.3, 0.4) is 0 Å². The lowest BCUT2D eigenvalue weighted by Crippen LogP contribution is -2.34. The number of nitrogens with zero attached hydrogens (tertiary/aromatic N) is 2. The molecule has 0 spiro atoms. The predicted octanol–water partition coefficient (Wildman–Crippen LogP) is 4.39. The van der Waals surface area contributed by atoms with Crippen molar-refractivity contribution in [2.24, 2.45) is 0 Å². The van der Waals surface area contributed by atoms with Crippen LogP contribution in [-0.4, -0.2) is 31.6 Å². The van der Waals surface area contributed by atoms with Gasteiger partial charge < -0.3 is 0 Å². The molecule has 1 aliphatic heterocycles. The second-order valence-electron chi connectivity index (χ2n) is 7.77. The van der Waals surface area contributed by atoms with Gasteiger partial charge in [0.25, 0.3) is 5.91 Å². The van der Waals surface area contributed by atoms with Crippen LogP contribution >= 0.6 is 11.3 Å². The molecule has 1 atom stereocenters. The topological polar surface area (TPSA) is 79.4 Å². The number of anilines is 2. The van der Waals surface area contributed by atoms with Crippen LogP contribution in [0.2, 0.25) is 0 Å². The third kappa shape index (κ3) is 3.85. The van der Waals surface area contributed by atoms with E-state index in [1.165, 1.54) is 21.9 Å². The molecule has 0 saturated carbocycles. The summed E-state index contributed by atoms with van der Waals surface area (Å²) in [5, 5.41) is 5.33. The van der Waals surface area contributed by atoms with Crippen molar-refractivity contribution in [1.29, 1.82) is 0 Å². The number of rotatable bonds is 4. The molecule has 6 nitrogen and oxygen atoms in total. The Morgan fingerprint density at radius 1 is 1.20 bits per heavy atom. The molecule has 1 aliphatic rings. The van der Waals surface area contributed by atoms with Gasteiger partial charge in [0.2, 0.25) is 10.0 Å². The molecule has 0 bridgehead atoms. The molecule has 0 aliphatic carbocycles. The minimum Gasteiger partial charge on any atom is -0.298 e. The molecule has 30 heavy (non-hydrogen) atoms. The normalized spacial score (nSPS) is 15.9. The van der Waals surface area contributed by atoms with Gasteiger partial charge in [0.1, 0.15) is 0 Å². The van der Waals surface area contributed by atoms with Crippen molar-refractivity contribution in [3.8, 4) is 11.3 Å². The summed E-state index contributed by atoms with van der Waals surface area (Å²) in [4.78, 5) is 17.3. The molecule has 2 aromatic carbocycles. The SMILES string of the molecule is Cc1ccc(C)c(-c2csc(NC(=O)c3ccc4c(c3)CC(C)N4S(C)(=O)=O)n2)c1. The molecule has 4 rings (SSSR count). The highest BCUT2D eigenvalue weighted by molar-refractivity contribution is 7.92. The van der Waals surface area contributed by atoms with Crippen molar-refractivity contribution in [1.82, 2.24) is 4.98 Å². The third-order valence-electron chi connectivity index (χ3n) is 5.25. The maximum absolute atomic E-state index is 12.8. The van der Waals surface area contributed by atoms with Crippen molar-refractivity contribution in [2.75, 3.05) is 15.9 Å². The van der Waals surface area contributed by atoms with Gasteiger partial charge in [-0.25, -0.2) is 13.4 Å². The number of benzene rings is 2. The zero-order valence-corrected chi connectivity index (χ0v) is 18.9. The summed E-state index contributed by atoms with van der Waals surface area (Å²) < 4.78 is 25.6. The van der Waals surface area contributed by atoms with Crippen molar-refractivity contribution in [3.63, 3.8) is 0 Å². The molecule has 1 unspecified atom stereocenters. The summed E-state index contributed by atoms with van der Waals surface area (Å²) in [6.07, 6.45) is 1.78. The maximum Gasteiger partial charge on any atom is 0.257 e. The van der Waals surface area contributed by atoms with E-state index in [-0.39, 0.29) is 11.9 Å². The lowest BCUT2D eigenvalue weighted by Gasteiger charge is -2.21. The highest BCUT2D eigenvalue weighted by Gasteiger charge is 2.32. The van der Waals surface area contributed by atoms with Crippen molar-refractivity contribution >= 4 is 38.1 Å². The van der Waals surface area contributed by atoms with E-state index in [1.54, 1.807) is 18.2 Å². The fraction of sp³-hybridized carbons (Fsp3) is 0.273. The summed E-state index contributed by atoms with van der Waals surface area (Å²) in [5.41, 5.74) is 6.17. The molecule has 156 valence electrons. The summed E-state index contributed by atoms with van der Waals surface area (Å²) in [5.74, 6) is -0.259. The summed E-state index contributed by atoms with van der Waals surface area (Å²) in [7, 11) is -3.35. The van der Waals surface area contributed by atoms with E-state index in [0.29, 0.717) is 22.8 Å². The standard InChI is InChI=1S/C22H23N3O3S2/c1-13-5-6-14(2)18(9-13)19-12-29-22(23-19)24-21(26)16-7-8-20-17(11-16)10-15(3)25(20)30(4,27)28/h5-9,11-12,15H,10H2,1-4H3,(H,23,24,26). The number of carbonyl (C=O) groups is 1. The zero-order valence-electron chi connectivity index (χ0n) is 17.3. The average Bonchev–Trinajstić information content (AvgIpc) is 3.25. The Labute approximate surface area is 180 Å². The van der Waals surface area contributed by atoms with Crippen LogP contribution in [0.1, 0.15) is 34.0 Å². The van der Waals surface area contributed by atoms with Gasteiger partial charge in [-0.2, -0.15) is 0 Å². The van der Waals surface area contributed by atoms with Crippen LogP contribution in [0.15, 0.2) is 41.8 Å². The van der Waals surface area contributed by atoms with E-state index in [0.717, 1.165) is 27.9 Å². The first-order chi connectivity index (χ1) is 14.1. The Morgan fingerprint density at radius 3 is 2.70 bits per heavy atom. The molecule has 1 aromatic heterocycles. The minimum atomic E-state index is -3.35. The molecule has 0 saturated heterocycles. The molecular formula is C22H23N3O3S2.